The maximum absolute atomic E-state index is 12.9. The number of hydrogen-bond acceptors (Lipinski definition) is 11. The minimum absolute atomic E-state index is 0.0350. The molecule has 13 heteroatoms. The second kappa shape index (κ2) is 44.5. The molecule has 1 rings (SSSR count). The van der Waals surface area contributed by atoms with Crippen LogP contribution in [0.1, 0.15) is 232 Å². The Bertz CT molecular complexity index is 1290. The van der Waals surface area contributed by atoms with Crippen molar-refractivity contribution in [3.8, 4) is 0 Å². The van der Waals surface area contributed by atoms with Crippen LogP contribution in [0, 0.1) is 0 Å². The maximum atomic E-state index is 12.9. The molecule has 1 aliphatic heterocycles. The van der Waals surface area contributed by atoms with Gasteiger partial charge < -0.3 is 34.3 Å². The van der Waals surface area contributed by atoms with Gasteiger partial charge in [0.15, 0.2) is 6.29 Å². The van der Waals surface area contributed by atoms with Gasteiger partial charge in [0, 0.05) is 13.0 Å². The molecule has 6 unspecified atom stereocenters. The molecule has 1 heterocycles. The van der Waals surface area contributed by atoms with Crippen molar-refractivity contribution in [1.29, 1.82) is 0 Å². The summed E-state index contributed by atoms with van der Waals surface area (Å²) in [6, 6.07) is 0. The summed E-state index contributed by atoms with van der Waals surface area (Å²) in [6.07, 6.45) is 44.6. The number of aliphatic hydroxyl groups excluding tert-OH is 3. The van der Waals surface area contributed by atoms with Crippen molar-refractivity contribution in [3.63, 3.8) is 0 Å². The first-order chi connectivity index (χ1) is 32.1. The molecule has 388 valence electrons. The van der Waals surface area contributed by atoms with E-state index >= 15 is 0 Å². The number of carbonyl (C=O) groups excluding carboxylic acids is 1. The number of carbonyl (C=O) groups is 1. The second-order valence-electron chi connectivity index (χ2n) is 18.5. The van der Waals surface area contributed by atoms with E-state index in [9.17, 15) is 33.1 Å². The summed E-state index contributed by atoms with van der Waals surface area (Å²) in [5.41, 5.74) is 0. The maximum Gasteiger partial charge on any atom is 0.397 e. The van der Waals surface area contributed by atoms with Crippen molar-refractivity contribution >= 4 is 16.4 Å². The van der Waals surface area contributed by atoms with Gasteiger partial charge in [0.05, 0.1) is 19.8 Å². The van der Waals surface area contributed by atoms with Gasteiger partial charge in [-0.3, -0.25) is 9.35 Å². The van der Waals surface area contributed by atoms with Gasteiger partial charge in [-0.05, 0) is 70.6 Å². The second-order valence-corrected chi connectivity index (χ2v) is 19.5. The SMILES string of the molecule is CCCCC/C=C\C/C=C\CCCCCCCCCCCC(=O)OC(COCCCCCCCCCCCC/C=C\CCCCCCCC)COC1OC(CO)C(O)C(OS(=O)(=O)O)C1O. The summed E-state index contributed by atoms with van der Waals surface area (Å²) in [7, 11) is -5.07. The van der Waals surface area contributed by atoms with E-state index < -0.39 is 59.8 Å². The molecule has 6 atom stereocenters. The standard InChI is InChI=1S/C53H98O12S/c1-3-5-7-9-11-13-15-17-19-21-23-25-27-29-31-33-35-37-39-41-43-61-45-47(46-62-53-51(57)52(65-66(58,59)60)50(56)48(44-54)64-53)63-49(55)42-40-38-36-34-32-30-28-26-24-22-20-18-16-14-12-10-8-6-4-2/h12,14,17-20,47-48,50-54,56-57H,3-11,13,15-16,21-46H2,1-2H3,(H,58,59,60)/b14-12-,19-17-,20-18-. The minimum Gasteiger partial charge on any atom is -0.457 e. The highest BCUT2D eigenvalue weighted by Crippen LogP contribution is 2.26. The van der Waals surface area contributed by atoms with Crippen molar-refractivity contribution < 1.29 is 56.2 Å². The van der Waals surface area contributed by atoms with Crippen LogP contribution in [0.2, 0.25) is 0 Å². The molecular formula is C53H98O12S. The van der Waals surface area contributed by atoms with Crippen LogP contribution < -0.4 is 0 Å². The van der Waals surface area contributed by atoms with Gasteiger partial charge in [0.2, 0.25) is 0 Å². The number of aliphatic hydroxyl groups is 3. The van der Waals surface area contributed by atoms with Crippen molar-refractivity contribution in [2.45, 2.75) is 269 Å². The Kier molecular flexibility index (Phi) is 42.1. The lowest BCUT2D eigenvalue weighted by Gasteiger charge is -2.41. The fourth-order valence-electron chi connectivity index (χ4n) is 8.17. The van der Waals surface area contributed by atoms with Gasteiger partial charge in [-0.25, -0.2) is 4.18 Å². The summed E-state index contributed by atoms with van der Waals surface area (Å²) < 4.78 is 59.3. The van der Waals surface area contributed by atoms with Gasteiger partial charge in [-0.1, -0.05) is 192 Å². The van der Waals surface area contributed by atoms with E-state index in [0.29, 0.717) is 13.0 Å². The third kappa shape index (κ3) is 37.2. The predicted octanol–water partition coefficient (Wildman–Crippen LogP) is 12.5. The summed E-state index contributed by atoms with van der Waals surface area (Å²) in [6.45, 7) is 3.99. The first-order valence-corrected chi connectivity index (χ1v) is 28.1. The molecule has 12 nitrogen and oxygen atoms in total. The predicted molar refractivity (Wildman–Crippen MR) is 267 cm³/mol. The third-order valence-corrected chi connectivity index (χ3v) is 12.7. The van der Waals surface area contributed by atoms with Gasteiger partial charge in [0.1, 0.15) is 30.5 Å². The quantitative estimate of drug-likeness (QED) is 0.0197. The van der Waals surface area contributed by atoms with E-state index in [1.165, 1.54) is 154 Å². The first kappa shape index (κ1) is 62.3. The molecule has 0 aliphatic carbocycles. The molecule has 0 amide bonds. The number of hydrogen-bond donors (Lipinski definition) is 4. The minimum atomic E-state index is -5.07. The van der Waals surface area contributed by atoms with Crippen molar-refractivity contribution in [2.75, 3.05) is 26.4 Å². The average Bonchev–Trinajstić information content (AvgIpc) is 3.29. The monoisotopic (exact) mass is 959 g/mol. The Morgan fingerprint density at radius 3 is 1.48 bits per heavy atom. The zero-order valence-corrected chi connectivity index (χ0v) is 42.6. The summed E-state index contributed by atoms with van der Waals surface area (Å²) in [5.74, 6) is -0.402. The van der Waals surface area contributed by atoms with Crippen LogP contribution >= 0.6 is 0 Å². The molecule has 1 saturated heterocycles. The van der Waals surface area contributed by atoms with Crippen molar-refractivity contribution in [2.24, 2.45) is 0 Å². The van der Waals surface area contributed by atoms with E-state index in [2.05, 4.69) is 54.5 Å². The molecule has 4 N–H and O–H groups in total. The average molecular weight is 959 g/mol. The zero-order valence-electron chi connectivity index (χ0n) is 41.8. The van der Waals surface area contributed by atoms with Gasteiger partial charge in [-0.15, -0.1) is 0 Å². The molecule has 0 radical (unpaired) electrons. The summed E-state index contributed by atoms with van der Waals surface area (Å²) >= 11 is 0. The number of rotatable bonds is 47. The van der Waals surface area contributed by atoms with Crippen molar-refractivity contribution in [3.05, 3.63) is 36.5 Å². The van der Waals surface area contributed by atoms with Gasteiger partial charge >= 0.3 is 16.4 Å². The van der Waals surface area contributed by atoms with E-state index in [-0.39, 0.29) is 19.6 Å². The smallest absolute Gasteiger partial charge is 0.397 e. The van der Waals surface area contributed by atoms with Crippen LogP contribution in [-0.2, 0) is 38.3 Å². The van der Waals surface area contributed by atoms with Crippen LogP contribution in [-0.4, -0.2) is 97.5 Å². The Hall–Kier alpha value is -1.68. The zero-order chi connectivity index (χ0) is 48.2. The van der Waals surface area contributed by atoms with E-state index in [4.69, 9.17) is 18.9 Å². The molecule has 0 bridgehead atoms. The van der Waals surface area contributed by atoms with Crippen LogP contribution in [0.15, 0.2) is 36.5 Å². The Morgan fingerprint density at radius 1 is 0.576 bits per heavy atom. The molecule has 0 saturated carbocycles. The van der Waals surface area contributed by atoms with E-state index in [1.807, 2.05) is 0 Å². The lowest BCUT2D eigenvalue weighted by atomic mass is 9.99. The lowest BCUT2D eigenvalue weighted by molar-refractivity contribution is -0.301. The van der Waals surface area contributed by atoms with E-state index in [0.717, 1.165) is 51.4 Å². The van der Waals surface area contributed by atoms with Crippen LogP contribution in [0.4, 0.5) is 0 Å². The van der Waals surface area contributed by atoms with Gasteiger partial charge in [0.25, 0.3) is 0 Å². The highest BCUT2D eigenvalue weighted by Gasteiger charge is 2.48. The lowest BCUT2D eigenvalue weighted by Crippen LogP contribution is -2.60. The molecule has 0 aromatic carbocycles. The molecule has 0 aromatic heterocycles. The molecular weight excluding hydrogens is 861 g/mol. The molecule has 1 fully saturated rings. The summed E-state index contributed by atoms with van der Waals surface area (Å²) in [4.78, 5) is 12.9. The van der Waals surface area contributed by atoms with Crippen molar-refractivity contribution in [1.82, 2.24) is 0 Å². The van der Waals surface area contributed by atoms with E-state index in [1.54, 1.807) is 0 Å². The Morgan fingerprint density at radius 2 is 1.00 bits per heavy atom. The molecule has 0 aromatic rings. The van der Waals surface area contributed by atoms with Crippen LogP contribution in [0.5, 0.6) is 0 Å². The molecule has 66 heavy (non-hydrogen) atoms. The Balaban J connectivity index is 2.34. The third-order valence-electron chi connectivity index (χ3n) is 12.2. The molecule has 0 spiro atoms. The topological polar surface area (TPSA) is 178 Å². The summed E-state index contributed by atoms with van der Waals surface area (Å²) in [5, 5.41) is 30.8. The first-order valence-electron chi connectivity index (χ1n) is 26.7. The fraction of sp³-hybridized carbons (Fsp3) is 0.868. The van der Waals surface area contributed by atoms with Crippen LogP contribution in [0.3, 0.4) is 0 Å². The normalized spacial score (nSPS) is 19.8. The number of allylic oxidation sites excluding steroid dienone is 6. The fourth-order valence-corrected chi connectivity index (χ4v) is 8.68. The van der Waals surface area contributed by atoms with Crippen LogP contribution in [0.25, 0.3) is 0 Å². The number of ether oxygens (including phenoxy) is 4. The highest BCUT2D eigenvalue weighted by atomic mass is 32.3. The highest BCUT2D eigenvalue weighted by molar-refractivity contribution is 7.80. The number of esters is 1. The number of unbranched alkanes of at least 4 members (excludes halogenated alkanes) is 28. The Labute approximate surface area is 403 Å². The largest absolute Gasteiger partial charge is 0.457 e. The van der Waals surface area contributed by atoms with Gasteiger partial charge in [-0.2, -0.15) is 8.42 Å². The molecule has 1 aliphatic rings.